The lowest BCUT2D eigenvalue weighted by atomic mass is 10.1. The van der Waals surface area contributed by atoms with Gasteiger partial charge < -0.3 is 5.32 Å². The largest absolute Gasteiger partial charge is 0.336 e. The van der Waals surface area contributed by atoms with Crippen LogP contribution in [0.25, 0.3) is 22.4 Å². The molecule has 0 bridgehead atoms. The lowest BCUT2D eigenvalue weighted by molar-refractivity contribution is -0.126. The summed E-state index contributed by atoms with van der Waals surface area (Å²) in [6.07, 6.45) is 0. The van der Waals surface area contributed by atoms with Crippen LogP contribution in [0.5, 0.6) is 0 Å². The Morgan fingerprint density at radius 2 is 1.88 bits per heavy atom. The van der Waals surface area contributed by atoms with Crippen LogP contribution in [0.1, 0.15) is 18.1 Å². The number of amides is 3. The van der Waals surface area contributed by atoms with Crippen LogP contribution in [-0.4, -0.2) is 54.3 Å². The van der Waals surface area contributed by atoms with E-state index >= 15 is 0 Å². The van der Waals surface area contributed by atoms with E-state index in [9.17, 15) is 14.4 Å². The van der Waals surface area contributed by atoms with Crippen LogP contribution in [0.15, 0.2) is 52.4 Å². The molecule has 10 heteroatoms. The number of benzene rings is 2. The van der Waals surface area contributed by atoms with Gasteiger partial charge in [0.05, 0.1) is 21.8 Å². The SMILES string of the molecule is Cc1cccc(-n2c(=O)c3ccccc3n3c(SC(C)C(=O)N4CCNC4=O)nnc23)c1C. The van der Waals surface area contributed by atoms with Crippen LogP contribution in [0, 0.1) is 13.8 Å². The number of hydrogen-bond donors (Lipinski definition) is 1. The van der Waals surface area contributed by atoms with Gasteiger partial charge >= 0.3 is 6.03 Å². The summed E-state index contributed by atoms with van der Waals surface area (Å²) in [5.74, 6) is 0.0763. The second kappa shape index (κ2) is 8.04. The third-order valence-electron chi connectivity index (χ3n) is 5.96. The zero-order valence-electron chi connectivity index (χ0n) is 18.4. The van der Waals surface area contributed by atoms with Gasteiger partial charge in [-0.3, -0.25) is 18.9 Å². The zero-order valence-corrected chi connectivity index (χ0v) is 19.2. The first-order chi connectivity index (χ1) is 15.9. The number of thioether (sulfide) groups is 1. The molecule has 0 saturated carbocycles. The maximum atomic E-state index is 13.5. The summed E-state index contributed by atoms with van der Waals surface area (Å²) < 4.78 is 3.37. The molecule has 0 aliphatic carbocycles. The Bertz CT molecular complexity index is 1490. The Hall–Kier alpha value is -3.66. The van der Waals surface area contributed by atoms with E-state index in [4.69, 9.17) is 0 Å². The highest BCUT2D eigenvalue weighted by Crippen LogP contribution is 2.28. The molecular formula is C23H22N6O3S. The van der Waals surface area contributed by atoms with Crippen molar-refractivity contribution in [1.82, 2.24) is 29.4 Å². The average molecular weight is 463 g/mol. The molecule has 1 saturated heterocycles. The summed E-state index contributed by atoms with van der Waals surface area (Å²) in [5.41, 5.74) is 3.23. The molecule has 2 aromatic carbocycles. The van der Waals surface area contributed by atoms with Crippen LogP contribution in [0.3, 0.4) is 0 Å². The predicted octanol–water partition coefficient (Wildman–Crippen LogP) is 2.68. The van der Waals surface area contributed by atoms with Crippen molar-refractivity contribution in [2.45, 2.75) is 31.2 Å². The molecule has 3 amide bonds. The van der Waals surface area contributed by atoms with Gasteiger partial charge in [-0.15, -0.1) is 10.2 Å². The maximum absolute atomic E-state index is 13.5. The van der Waals surface area contributed by atoms with Crippen molar-refractivity contribution in [3.8, 4) is 5.69 Å². The van der Waals surface area contributed by atoms with Crippen LogP contribution >= 0.6 is 11.8 Å². The van der Waals surface area contributed by atoms with Crippen molar-refractivity contribution in [3.05, 3.63) is 63.9 Å². The molecule has 4 aromatic rings. The van der Waals surface area contributed by atoms with Crippen molar-refractivity contribution < 1.29 is 9.59 Å². The maximum Gasteiger partial charge on any atom is 0.324 e. The number of hydrogen-bond acceptors (Lipinski definition) is 6. The average Bonchev–Trinajstić information content (AvgIpc) is 3.42. The first kappa shape index (κ1) is 21.2. The lowest BCUT2D eigenvalue weighted by Gasteiger charge is -2.17. The van der Waals surface area contributed by atoms with Gasteiger partial charge in [0.2, 0.25) is 11.7 Å². The number of carbonyl (C=O) groups is 2. The molecule has 1 aliphatic rings. The number of rotatable bonds is 4. The summed E-state index contributed by atoms with van der Waals surface area (Å²) >= 11 is 1.21. The Balaban J connectivity index is 1.69. The summed E-state index contributed by atoms with van der Waals surface area (Å²) in [4.78, 5) is 39.5. The molecule has 168 valence electrons. The summed E-state index contributed by atoms with van der Waals surface area (Å²) in [6.45, 7) is 6.50. The molecule has 2 aromatic heterocycles. The minimum atomic E-state index is -0.568. The smallest absolute Gasteiger partial charge is 0.324 e. The van der Waals surface area contributed by atoms with E-state index in [0.29, 0.717) is 34.9 Å². The Morgan fingerprint density at radius 3 is 2.64 bits per heavy atom. The van der Waals surface area contributed by atoms with Gasteiger partial charge in [0.25, 0.3) is 5.56 Å². The highest BCUT2D eigenvalue weighted by molar-refractivity contribution is 8.00. The van der Waals surface area contributed by atoms with Crippen molar-refractivity contribution in [1.29, 1.82) is 0 Å². The molecule has 1 atom stereocenters. The highest BCUT2D eigenvalue weighted by Gasteiger charge is 2.31. The number of aromatic nitrogens is 4. The van der Waals surface area contributed by atoms with Crippen LogP contribution in [0.4, 0.5) is 4.79 Å². The Morgan fingerprint density at radius 1 is 1.09 bits per heavy atom. The van der Waals surface area contributed by atoms with E-state index in [1.165, 1.54) is 16.7 Å². The van der Waals surface area contributed by atoms with E-state index in [1.807, 2.05) is 50.2 Å². The van der Waals surface area contributed by atoms with E-state index in [0.717, 1.165) is 16.8 Å². The number of carbonyl (C=O) groups excluding carboxylic acids is 2. The second-order valence-electron chi connectivity index (χ2n) is 7.98. The summed E-state index contributed by atoms with van der Waals surface area (Å²) in [5, 5.41) is 11.8. The van der Waals surface area contributed by atoms with Gasteiger partial charge in [-0.05, 0) is 50.1 Å². The second-order valence-corrected chi connectivity index (χ2v) is 9.28. The molecule has 1 fully saturated rings. The van der Waals surface area contributed by atoms with Gasteiger partial charge in [0, 0.05) is 13.1 Å². The molecule has 1 N–H and O–H groups in total. The monoisotopic (exact) mass is 462 g/mol. The summed E-state index contributed by atoms with van der Waals surface area (Å²) in [7, 11) is 0. The van der Waals surface area contributed by atoms with Crippen molar-refractivity contribution in [2.24, 2.45) is 0 Å². The quantitative estimate of drug-likeness (QED) is 0.468. The van der Waals surface area contributed by atoms with Gasteiger partial charge in [0.1, 0.15) is 0 Å². The number of para-hydroxylation sites is 1. The topological polar surface area (TPSA) is 102 Å². The number of fused-ring (bicyclic) bond motifs is 3. The van der Waals surface area contributed by atoms with Crippen molar-refractivity contribution in [3.63, 3.8) is 0 Å². The molecule has 33 heavy (non-hydrogen) atoms. The first-order valence-electron chi connectivity index (χ1n) is 10.6. The fourth-order valence-corrected chi connectivity index (χ4v) is 4.98. The van der Waals surface area contributed by atoms with Gasteiger partial charge in [-0.1, -0.05) is 36.0 Å². The van der Waals surface area contributed by atoms with Gasteiger partial charge in [0.15, 0.2) is 5.16 Å². The number of nitrogens with zero attached hydrogens (tertiary/aromatic N) is 5. The van der Waals surface area contributed by atoms with Crippen LogP contribution < -0.4 is 10.9 Å². The minimum Gasteiger partial charge on any atom is -0.336 e. The lowest BCUT2D eigenvalue weighted by Crippen LogP contribution is -2.39. The van der Waals surface area contributed by atoms with Crippen molar-refractivity contribution >= 4 is 40.4 Å². The molecule has 0 radical (unpaired) electrons. The normalized spacial score (nSPS) is 14.8. The van der Waals surface area contributed by atoms with Gasteiger partial charge in [-0.2, -0.15) is 0 Å². The van der Waals surface area contributed by atoms with Crippen molar-refractivity contribution in [2.75, 3.05) is 13.1 Å². The van der Waals surface area contributed by atoms with Gasteiger partial charge in [-0.25, -0.2) is 9.36 Å². The molecule has 0 spiro atoms. The molecule has 1 aliphatic heterocycles. The number of urea groups is 1. The molecule has 3 heterocycles. The number of imide groups is 1. The van der Waals surface area contributed by atoms with E-state index < -0.39 is 5.25 Å². The summed E-state index contributed by atoms with van der Waals surface area (Å²) in [6, 6.07) is 12.7. The molecule has 5 rings (SSSR count). The number of aryl methyl sites for hydroxylation is 1. The highest BCUT2D eigenvalue weighted by atomic mass is 32.2. The third-order valence-corrected chi connectivity index (χ3v) is 6.99. The van der Waals surface area contributed by atoms with Crippen LogP contribution in [-0.2, 0) is 4.79 Å². The number of nitrogens with one attached hydrogen (secondary N) is 1. The minimum absolute atomic E-state index is 0.186. The van der Waals surface area contributed by atoms with E-state index in [2.05, 4.69) is 15.5 Å². The van der Waals surface area contributed by atoms with E-state index in [1.54, 1.807) is 22.0 Å². The molecular weight excluding hydrogens is 440 g/mol. The van der Waals surface area contributed by atoms with E-state index in [-0.39, 0.29) is 17.5 Å². The third kappa shape index (κ3) is 3.37. The standard InChI is InChI=1S/C23H22N6O3S/c1-13-7-6-10-17(14(13)2)28-20(31)16-8-4-5-9-18(16)29-21(28)25-26-23(29)33-15(3)19(30)27-12-11-24-22(27)32/h4-10,15H,11-12H2,1-3H3,(H,24,32). The fraction of sp³-hybridized carbons (Fsp3) is 0.261. The van der Waals surface area contributed by atoms with Crippen LogP contribution in [0.2, 0.25) is 0 Å². The fourth-order valence-electron chi connectivity index (χ4n) is 4.06. The molecule has 9 nitrogen and oxygen atoms in total. The predicted molar refractivity (Wildman–Crippen MR) is 126 cm³/mol. The zero-order chi connectivity index (χ0) is 23.3. The Labute approximate surface area is 193 Å². The Kier molecular flexibility index (Phi) is 5.16. The molecule has 1 unspecified atom stereocenters. The first-order valence-corrected chi connectivity index (χ1v) is 11.5.